The first-order valence-electron chi connectivity index (χ1n) is 8.21. The fourth-order valence-corrected chi connectivity index (χ4v) is 2.74. The van der Waals surface area contributed by atoms with E-state index in [0.717, 1.165) is 36.7 Å². The van der Waals surface area contributed by atoms with E-state index in [1.54, 1.807) is 0 Å². The van der Waals surface area contributed by atoms with Crippen LogP contribution in [-0.2, 0) is 11.3 Å². The molecule has 0 aliphatic heterocycles. The van der Waals surface area contributed by atoms with Gasteiger partial charge in [0.2, 0.25) is 0 Å². The third-order valence-corrected chi connectivity index (χ3v) is 3.98. The van der Waals surface area contributed by atoms with E-state index in [1.165, 1.54) is 0 Å². The number of hydrogen-bond donors (Lipinski definition) is 2. The average molecular weight is 316 g/mol. The second-order valence-corrected chi connectivity index (χ2v) is 5.66. The Labute approximate surface area is 136 Å². The summed E-state index contributed by atoms with van der Waals surface area (Å²) in [4.78, 5) is 22.8. The molecule has 124 valence electrons. The van der Waals surface area contributed by atoms with Gasteiger partial charge in [-0.15, -0.1) is 0 Å². The van der Waals surface area contributed by atoms with Gasteiger partial charge in [-0.3, -0.25) is 9.59 Å². The van der Waals surface area contributed by atoms with E-state index in [1.807, 2.05) is 30.5 Å². The van der Waals surface area contributed by atoms with Gasteiger partial charge in [0.15, 0.2) is 0 Å². The monoisotopic (exact) mass is 316 g/mol. The number of hydrogen-bond acceptors (Lipinski definition) is 2. The van der Waals surface area contributed by atoms with Gasteiger partial charge in [0, 0.05) is 36.6 Å². The topological polar surface area (TPSA) is 71.3 Å². The molecular formula is C18H24N2O3. The Morgan fingerprint density at radius 3 is 2.61 bits per heavy atom. The summed E-state index contributed by atoms with van der Waals surface area (Å²) in [7, 11) is 0. The average Bonchev–Trinajstić information content (AvgIpc) is 2.92. The van der Waals surface area contributed by atoms with Crippen LogP contribution in [-0.4, -0.2) is 28.1 Å². The molecule has 0 radical (unpaired) electrons. The zero-order valence-electron chi connectivity index (χ0n) is 13.5. The summed E-state index contributed by atoms with van der Waals surface area (Å²) in [5.41, 5.74) is 1.79. The number of rotatable bonds is 9. The lowest BCUT2D eigenvalue weighted by molar-refractivity contribution is -0.137. The number of aliphatic carboxylic acids is 1. The van der Waals surface area contributed by atoms with E-state index in [0.29, 0.717) is 18.5 Å². The third kappa shape index (κ3) is 4.58. The molecular weight excluding hydrogens is 292 g/mol. The molecule has 1 amide bonds. The predicted octanol–water partition coefficient (Wildman–Crippen LogP) is 3.43. The zero-order valence-corrected chi connectivity index (χ0v) is 13.5. The SMILES string of the molecule is CCn1cc(C(=O)NCCCCCCC(=O)O)c2ccccc21. The second-order valence-electron chi connectivity index (χ2n) is 5.66. The largest absolute Gasteiger partial charge is 0.481 e. The third-order valence-electron chi connectivity index (χ3n) is 3.98. The Bertz CT molecular complexity index is 676. The summed E-state index contributed by atoms with van der Waals surface area (Å²) < 4.78 is 2.08. The van der Waals surface area contributed by atoms with E-state index in [2.05, 4.69) is 16.8 Å². The van der Waals surface area contributed by atoms with Crippen molar-refractivity contribution in [1.82, 2.24) is 9.88 Å². The number of nitrogens with zero attached hydrogens (tertiary/aromatic N) is 1. The summed E-state index contributed by atoms with van der Waals surface area (Å²) in [6.45, 7) is 3.51. The van der Waals surface area contributed by atoms with E-state index < -0.39 is 5.97 Å². The summed E-state index contributed by atoms with van der Waals surface area (Å²) in [5.74, 6) is -0.787. The van der Waals surface area contributed by atoms with Crippen LogP contribution in [0, 0.1) is 0 Å². The van der Waals surface area contributed by atoms with Crippen LogP contribution in [0.4, 0.5) is 0 Å². The Hall–Kier alpha value is -2.30. The molecule has 0 atom stereocenters. The lowest BCUT2D eigenvalue weighted by atomic mass is 10.1. The van der Waals surface area contributed by atoms with Crippen molar-refractivity contribution in [3.8, 4) is 0 Å². The van der Waals surface area contributed by atoms with Gasteiger partial charge >= 0.3 is 5.97 Å². The number of fused-ring (bicyclic) bond motifs is 1. The summed E-state index contributed by atoms with van der Waals surface area (Å²) in [6, 6.07) is 7.93. The zero-order chi connectivity index (χ0) is 16.7. The number of aromatic nitrogens is 1. The van der Waals surface area contributed by atoms with Crippen LogP contribution in [0.5, 0.6) is 0 Å². The van der Waals surface area contributed by atoms with Crippen LogP contribution < -0.4 is 5.32 Å². The lowest BCUT2D eigenvalue weighted by Crippen LogP contribution is -2.24. The molecule has 1 aromatic heterocycles. The standard InChI is InChI=1S/C18H24N2O3/c1-2-20-13-15(14-9-6-7-10-16(14)20)18(23)19-12-8-4-3-5-11-17(21)22/h6-7,9-10,13H,2-5,8,11-12H2,1H3,(H,19,23)(H,21,22). The van der Waals surface area contributed by atoms with Crippen molar-refractivity contribution < 1.29 is 14.7 Å². The van der Waals surface area contributed by atoms with E-state index in [-0.39, 0.29) is 12.3 Å². The van der Waals surface area contributed by atoms with Crippen LogP contribution in [0.2, 0.25) is 0 Å². The number of carboxylic acid groups (broad SMARTS) is 1. The van der Waals surface area contributed by atoms with E-state index >= 15 is 0 Å². The van der Waals surface area contributed by atoms with Crippen molar-refractivity contribution in [3.63, 3.8) is 0 Å². The normalized spacial score (nSPS) is 10.8. The van der Waals surface area contributed by atoms with Gasteiger partial charge < -0.3 is 15.0 Å². The first-order chi connectivity index (χ1) is 11.1. The number of nitrogens with one attached hydrogen (secondary N) is 1. The highest BCUT2D eigenvalue weighted by Gasteiger charge is 2.13. The summed E-state index contributed by atoms with van der Waals surface area (Å²) in [5, 5.41) is 12.5. The molecule has 0 aliphatic carbocycles. The van der Waals surface area contributed by atoms with Crippen LogP contribution >= 0.6 is 0 Å². The van der Waals surface area contributed by atoms with Gasteiger partial charge in [0.25, 0.3) is 5.91 Å². The number of aryl methyl sites for hydroxylation is 1. The van der Waals surface area contributed by atoms with E-state index in [4.69, 9.17) is 5.11 Å². The molecule has 0 saturated heterocycles. The smallest absolute Gasteiger partial charge is 0.303 e. The maximum absolute atomic E-state index is 12.4. The van der Waals surface area contributed by atoms with Crippen LogP contribution in [0.3, 0.4) is 0 Å². The molecule has 2 N–H and O–H groups in total. The highest BCUT2D eigenvalue weighted by molar-refractivity contribution is 6.06. The Balaban J connectivity index is 1.83. The predicted molar refractivity (Wildman–Crippen MR) is 90.7 cm³/mol. The van der Waals surface area contributed by atoms with Gasteiger partial charge in [0.1, 0.15) is 0 Å². The number of carbonyl (C=O) groups is 2. The molecule has 0 fully saturated rings. The molecule has 0 unspecified atom stereocenters. The minimum absolute atomic E-state index is 0.0427. The van der Waals surface area contributed by atoms with Crippen molar-refractivity contribution in [2.75, 3.05) is 6.54 Å². The summed E-state index contributed by atoms with van der Waals surface area (Å²) >= 11 is 0. The molecule has 5 heteroatoms. The van der Waals surface area contributed by atoms with Crippen LogP contribution in [0.1, 0.15) is 49.4 Å². The van der Waals surface area contributed by atoms with Gasteiger partial charge in [-0.1, -0.05) is 31.0 Å². The fraction of sp³-hybridized carbons (Fsp3) is 0.444. The van der Waals surface area contributed by atoms with Crippen molar-refractivity contribution >= 4 is 22.8 Å². The van der Waals surface area contributed by atoms with Gasteiger partial charge in [-0.25, -0.2) is 0 Å². The van der Waals surface area contributed by atoms with Gasteiger partial charge in [-0.2, -0.15) is 0 Å². The minimum Gasteiger partial charge on any atom is -0.481 e. The van der Waals surface area contributed by atoms with E-state index in [9.17, 15) is 9.59 Å². The minimum atomic E-state index is -0.745. The molecule has 0 spiro atoms. The Morgan fingerprint density at radius 2 is 1.87 bits per heavy atom. The van der Waals surface area contributed by atoms with Crippen molar-refractivity contribution in [3.05, 3.63) is 36.0 Å². The molecule has 0 aliphatic rings. The van der Waals surface area contributed by atoms with Gasteiger partial charge in [0.05, 0.1) is 5.56 Å². The number of carbonyl (C=O) groups excluding carboxylic acids is 1. The Kier molecular flexibility index (Phi) is 6.20. The highest BCUT2D eigenvalue weighted by Crippen LogP contribution is 2.21. The maximum Gasteiger partial charge on any atom is 0.303 e. The molecule has 2 rings (SSSR count). The molecule has 23 heavy (non-hydrogen) atoms. The van der Waals surface area contributed by atoms with Crippen LogP contribution in [0.25, 0.3) is 10.9 Å². The highest BCUT2D eigenvalue weighted by atomic mass is 16.4. The lowest BCUT2D eigenvalue weighted by Gasteiger charge is -2.04. The molecule has 1 heterocycles. The summed E-state index contributed by atoms with van der Waals surface area (Å²) in [6.07, 6.45) is 5.53. The van der Waals surface area contributed by atoms with Crippen molar-refractivity contribution in [2.45, 2.75) is 45.6 Å². The van der Waals surface area contributed by atoms with Crippen molar-refractivity contribution in [2.24, 2.45) is 0 Å². The molecule has 1 aromatic carbocycles. The van der Waals surface area contributed by atoms with Gasteiger partial charge in [-0.05, 0) is 25.8 Å². The van der Waals surface area contributed by atoms with Crippen LogP contribution in [0.15, 0.2) is 30.5 Å². The first-order valence-corrected chi connectivity index (χ1v) is 8.21. The maximum atomic E-state index is 12.4. The number of unbranched alkanes of at least 4 members (excludes halogenated alkanes) is 3. The number of carboxylic acids is 1. The number of para-hydroxylation sites is 1. The quantitative estimate of drug-likeness (QED) is 0.696. The fourth-order valence-electron chi connectivity index (χ4n) is 2.74. The Morgan fingerprint density at radius 1 is 1.13 bits per heavy atom. The number of amides is 1. The molecule has 0 bridgehead atoms. The molecule has 5 nitrogen and oxygen atoms in total. The first kappa shape index (κ1) is 17.1. The van der Waals surface area contributed by atoms with Crippen molar-refractivity contribution in [1.29, 1.82) is 0 Å². The molecule has 2 aromatic rings. The molecule has 0 saturated carbocycles. The second kappa shape index (κ2) is 8.36. The number of benzene rings is 1.